The minimum atomic E-state index is 0.554. The van der Waals surface area contributed by atoms with Crippen LogP contribution in [0.15, 0.2) is 36.5 Å². The van der Waals surface area contributed by atoms with Crippen LogP contribution in [-0.2, 0) is 5.88 Å². The van der Waals surface area contributed by atoms with Crippen LogP contribution in [-0.4, -0.2) is 9.78 Å². The summed E-state index contributed by atoms with van der Waals surface area (Å²) in [7, 11) is 0. The third-order valence-corrected chi connectivity index (χ3v) is 3.24. The Hall–Kier alpha value is -1.28. The molecule has 0 spiro atoms. The Kier molecular flexibility index (Phi) is 2.44. The van der Waals surface area contributed by atoms with Gasteiger partial charge in [0.2, 0.25) is 0 Å². The number of halogens is 1. The van der Waals surface area contributed by atoms with Crippen molar-refractivity contribution in [2.45, 2.75) is 24.6 Å². The molecule has 2 aromatic rings. The Morgan fingerprint density at radius 2 is 2.00 bits per heavy atom. The van der Waals surface area contributed by atoms with E-state index in [9.17, 15) is 0 Å². The summed E-state index contributed by atoms with van der Waals surface area (Å²) >= 11 is 5.95. The zero-order valence-corrected chi connectivity index (χ0v) is 9.69. The Bertz CT molecular complexity index is 486. The molecule has 3 rings (SSSR count). The van der Waals surface area contributed by atoms with Crippen molar-refractivity contribution in [1.29, 1.82) is 0 Å². The van der Waals surface area contributed by atoms with Crippen molar-refractivity contribution in [2.75, 3.05) is 0 Å². The predicted molar refractivity (Wildman–Crippen MR) is 65.1 cm³/mol. The van der Waals surface area contributed by atoms with Crippen molar-refractivity contribution >= 4 is 11.6 Å². The first-order valence-corrected chi connectivity index (χ1v) is 6.12. The molecule has 0 unspecified atom stereocenters. The van der Waals surface area contributed by atoms with Crippen LogP contribution in [0.25, 0.3) is 5.69 Å². The molecule has 1 aromatic heterocycles. The molecule has 1 aromatic carbocycles. The van der Waals surface area contributed by atoms with Crippen molar-refractivity contribution in [2.24, 2.45) is 0 Å². The highest BCUT2D eigenvalue weighted by Crippen LogP contribution is 2.41. The maximum Gasteiger partial charge on any atom is 0.0704 e. The van der Waals surface area contributed by atoms with Crippen molar-refractivity contribution in [3.63, 3.8) is 0 Å². The van der Waals surface area contributed by atoms with Gasteiger partial charge in [0.25, 0.3) is 0 Å². The highest BCUT2D eigenvalue weighted by atomic mass is 35.5. The lowest BCUT2D eigenvalue weighted by atomic mass is 10.2. The zero-order chi connectivity index (χ0) is 11.0. The van der Waals surface area contributed by atoms with E-state index < -0.39 is 0 Å². The molecule has 0 amide bonds. The lowest BCUT2D eigenvalue weighted by Crippen LogP contribution is -1.94. The second kappa shape index (κ2) is 3.95. The molecule has 1 heterocycles. The van der Waals surface area contributed by atoms with Gasteiger partial charge in [0, 0.05) is 17.7 Å². The minimum absolute atomic E-state index is 0.554. The fourth-order valence-electron chi connectivity index (χ4n) is 1.94. The third kappa shape index (κ3) is 1.74. The fourth-order valence-corrected chi connectivity index (χ4v) is 2.15. The first kappa shape index (κ1) is 9.91. The highest BCUT2D eigenvalue weighted by molar-refractivity contribution is 6.17. The van der Waals surface area contributed by atoms with Gasteiger partial charge >= 0.3 is 0 Å². The molecular weight excluding hydrogens is 220 g/mol. The summed E-state index contributed by atoms with van der Waals surface area (Å²) < 4.78 is 1.94. The van der Waals surface area contributed by atoms with Crippen LogP contribution in [0.1, 0.15) is 30.0 Å². The van der Waals surface area contributed by atoms with Gasteiger partial charge in [0.05, 0.1) is 17.3 Å². The number of hydrogen-bond acceptors (Lipinski definition) is 1. The summed E-state index contributed by atoms with van der Waals surface area (Å²) in [5, 5.41) is 4.65. The van der Waals surface area contributed by atoms with Gasteiger partial charge in [-0.25, -0.2) is 4.68 Å². The van der Waals surface area contributed by atoms with Gasteiger partial charge in [-0.1, -0.05) is 18.2 Å². The molecule has 0 bridgehead atoms. The fraction of sp³-hybridized carbons (Fsp3) is 0.308. The van der Waals surface area contributed by atoms with E-state index in [2.05, 4.69) is 23.4 Å². The van der Waals surface area contributed by atoms with Crippen molar-refractivity contribution in [1.82, 2.24) is 9.78 Å². The van der Waals surface area contributed by atoms with Crippen LogP contribution >= 0.6 is 11.6 Å². The summed E-state index contributed by atoms with van der Waals surface area (Å²) in [4.78, 5) is 0. The minimum Gasteiger partial charge on any atom is -0.240 e. The van der Waals surface area contributed by atoms with E-state index in [4.69, 9.17) is 11.6 Å². The van der Waals surface area contributed by atoms with Crippen molar-refractivity contribution in [3.8, 4) is 5.69 Å². The Balaban J connectivity index is 2.02. The zero-order valence-electron chi connectivity index (χ0n) is 8.94. The standard InChI is InChI=1S/C13H13ClN2/c14-8-11-9-16(12-4-2-1-3-5-12)15-13(11)10-6-7-10/h1-5,9-10H,6-8H2. The molecule has 0 N–H and O–H groups in total. The predicted octanol–water partition coefficient (Wildman–Crippen LogP) is 3.49. The maximum atomic E-state index is 5.95. The van der Waals surface area contributed by atoms with Crippen molar-refractivity contribution < 1.29 is 0 Å². The van der Waals surface area contributed by atoms with Gasteiger partial charge in [0.15, 0.2) is 0 Å². The lowest BCUT2D eigenvalue weighted by Gasteiger charge is -1.99. The van der Waals surface area contributed by atoms with E-state index in [-0.39, 0.29) is 0 Å². The van der Waals surface area contributed by atoms with Crippen LogP contribution in [0.3, 0.4) is 0 Å². The van der Waals surface area contributed by atoms with Crippen molar-refractivity contribution in [3.05, 3.63) is 47.8 Å². The van der Waals surface area contributed by atoms with E-state index in [1.54, 1.807) is 0 Å². The Morgan fingerprint density at radius 1 is 1.25 bits per heavy atom. The molecule has 2 nitrogen and oxygen atoms in total. The van der Waals surface area contributed by atoms with E-state index in [0.29, 0.717) is 11.8 Å². The molecule has 82 valence electrons. The van der Waals surface area contributed by atoms with E-state index in [0.717, 1.165) is 5.69 Å². The van der Waals surface area contributed by atoms with Gasteiger partial charge in [0.1, 0.15) is 0 Å². The molecule has 0 radical (unpaired) electrons. The summed E-state index contributed by atoms with van der Waals surface area (Å²) in [6, 6.07) is 10.2. The van der Waals surface area contributed by atoms with Crippen LogP contribution in [0.5, 0.6) is 0 Å². The number of nitrogens with zero attached hydrogens (tertiary/aromatic N) is 2. The molecule has 3 heteroatoms. The lowest BCUT2D eigenvalue weighted by molar-refractivity contribution is 0.837. The topological polar surface area (TPSA) is 17.8 Å². The summed E-state index contributed by atoms with van der Waals surface area (Å²) in [5.74, 6) is 1.21. The average Bonchev–Trinajstić information content (AvgIpc) is 3.10. The normalized spacial score (nSPS) is 15.3. The van der Waals surface area contributed by atoms with Gasteiger partial charge in [-0.3, -0.25) is 0 Å². The van der Waals surface area contributed by atoms with E-state index in [1.807, 2.05) is 22.9 Å². The quantitative estimate of drug-likeness (QED) is 0.741. The maximum absolute atomic E-state index is 5.95. The van der Waals surface area contributed by atoms with Crippen LogP contribution < -0.4 is 0 Å². The van der Waals surface area contributed by atoms with Crippen LogP contribution in [0.2, 0.25) is 0 Å². The summed E-state index contributed by atoms with van der Waals surface area (Å²) in [6.07, 6.45) is 4.57. The number of benzene rings is 1. The first-order valence-electron chi connectivity index (χ1n) is 5.58. The van der Waals surface area contributed by atoms with E-state index >= 15 is 0 Å². The number of hydrogen-bond donors (Lipinski definition) is 0. The van der Waals surface area contributed by atoms with Gasteiger partial charge in [-0.2, -0.15) is 5.10 Å². The molecule has 1 saturated carbocycles. The number of aromatic nitrogens is 2. The summed E-state index contributed by atoms with van der Waals surface area (Å²) in [5.41, 5.74) is 3.47. The molecule has 1 fully saturated rings. The average molecular weight is 233 g/mol. The Morgan fingerprint density at radius 3 is 2.62 bits per heavy atom. The molecule has 1 aliphatic carbocycles. The Labute approximate surface area is 99.9 Å². The molecule has 1 aliphatic rings. The highest BCUT2D eigenvalue weighted by Gasteiger charge is 2.28. The molecule has 16 heavy (non-hydrogen) atoms. The molecule has 0 saturated heterocycles. The first-order chi connectivity index (χ1) is 7.88. The largest absolute Gasteiger partial charge is 0.240 e. The van der Waals surface area contributed by atoms with E-state index in [1.165, 1.54) is 24.1 Å². The molecule has 0 atom stereocenters. The number of para-hydroxylation sites is 1. The SMILES string of the molecule is ClCc1cn(-c2ccccc2)nc1C1CC1. The second-order valence-corrected chi connectivity index (χ2v) is 4.49. The molecular formula is C13H13ClN2. The van der Waals surface area contributed by atoms with Crippen LogP contribution in [0.4, 0.5) is 0 Å². The number of rotatable bonds is 3. The summed E-state index contributed by atoms with van der Waals surface area (Å²) in [6.45, 7) is 0. The van der Waals surface area contributed by atoms with Gasteiger partial charge in [-0.15, -0.1) is 11.6 Å². The third-order valence-electron chi connectivity index (χ3n) is 2.95. The molecule has 0 aliphatic heterocycles. The van der Waals surface area contributed by atoms with Crippen LogP contribution in [0, 0.1) is 0 Å². The number of alkyl halides is 1. The smallest absolute Gasteiger partial charge is 0.0704 e. The van der Waals surface area contributed by atoms with Gasteiger partial charge in [-0.05, 0) is 25.0 Å². The van der Waals surface area contributed by atoms with Gasteiger partial charge < -0.3 is 0 Å². The second-order valence-electron chi connectivity index (χ2n) is 4.23. The monoisotopic (exact) mass is 232 g/mol.